The van der Waals surface area contributed by atoms with Gasteiger partial charge in [0.1, 0.15) is 5.76 Å². The first-order valence-corrected chi connectivity index (χ1v) is 6.61. The van der Waals surface area contributed by atoms with Gasteiger partial charge in [0.05, 0.1) is 6.20 Å². The Morgan fingerprint density at radius 1 is 1.26 bits per heavy atom. The van der Waals surface area contributed by atoms with E-state index in [9.17, 15) is 4.79 Å². The van der Waals surface area contributed by atoms with Gasteiger partial charge < -0.3 is 9.73 Å². The van der Waals surface area contributed by atoms with Gasteiger partial charge >= 0.3 is 0 Å². The first-order valence-electron chi connectivity index (χ1n) is 5.79. The van der Waals surface area contributed by atoms with Gasteiger partial charge in [-0.15, -0.1) is 0 Å². The maximum Gasteiger partial charge on any atom is 0.218 e. The van der Waals surface area contributed by atoms with E-state index in [4.69, 9.17) is 4.42 Å². The molecule has 1 amide bonds. The fourth-order valence-electron chi connectivity index (χ4n) is 1.35. The summed E-state index contributed by atoms with van der Waals surface area (Å²) in [6.45, 7) is 6.21. The Hall–Kier alpha value is -1.95. The molecule has 19 heavy (non-hydrogen) atoms. The average molecular weight is 277 g/mol. The molecule has 6 heteroatoms. The average Bonchev–Trinajstić information content (AvgIpc) is 2.94. The molecule has 5 nitrogen and oxygen atoms in total. The van der Waals surface area contributed by atoms with E-state index in [0.717, 1.165) is 10.6 Å². The lowest BCUT2D eigenvalue weighted by molar-refractivity contribution is -0.105. The Labute approximate surface area is 115 Å². The molecule has 0 radical (unpaired) electrons. The quantitative estimate of drug-likeness (QED) is 0.872. The zero-order valence-electron chi connectivity index (χ0n) is 11.0. The van der Waals surface area contributed by atoms with Crippen LogP contribution in [0.3, 0.4) is 0 Å². The van der Waals surface area contributed by atoms with Gasteiger partial charge in [-0.1, -0.05) is 32.1 Å². The van der Waals surface area contributed by atoms with E-state index in [0.29, 0.717) is 17.4 Å². The van der Waals surface area contributed by atoms with Crippen molar-refractivity contribution >= 4 is 35.0 Å². The molecule has 0 unspecified atom stereocenters. The summed E-state index contributed by atoms with van der Waals surface area (Å²) in [6.07, 6.45) is 7.67. The number of oxazole rings is 1. The number of thiazole rings is 1. The van der Waals surface area contributed by atoms with Crippen molar-refractivity contribution in [2.75, 3.05) is 5.32 Å². The Balaban J connectivity index is 2.09. The number of rotatable bonds is 4. The van der Waals surface area contributed by atoms with Crippen molar-refractivity contribution in [3.63, 3.8) is 0 Å². The first kappa shape index (κ1) is 13.5. The molecule has 0 saturated heterocycles. The highest BCUT2D eigenvalue weighted by molar-refractivity contribution is 7.16. The van der Waals surface area contributed by atoms with Crippen LogP contribution in [0.2, 0.25) is 0 Å². The summed E-state index contributed by atoms with van der Waals surface area (Å²) in [5.74, 6) is 1.41. The molecule has 0 aliphatic heterocycles. The van der Waals surface area contributed by atoms with E-state index in [-0.39, 0.29) is 5.41 Å². The van der Waals surface area contributed by atoms with E-state index in [1.165, 1.54) is 11.3 Å². The molecule has 0 aromatic carbocycles. The maximum atomic E-state index is 10.3. The number of aromatic nitrogens is 2. The predicted octanol–water partition coefficient (Wildman–Crippen LogP) is 3.17. The van der Waals surface area contributed by atoms with E-state index < -0.39 is 0 Å². The largest absolute Gasteiger partial charge is 0.441 e. The second-order valence-corrected chi connectivity index (χ2v) is 6.04. The number of nitrogens with zero attached hydrogens (tertiary/aromatic N) is 2. The molecule has 0 atom stereocenters. The van der Waals surface area contributed by atoms with E-state index in [1.54, 1.807) is 18.5 Å². The first-order chi connectivity index (χ1) is 8.99. The van der Waals surface area contributed by atoms with Crippen molar-refractivity contribution in [3.8, 4) is 0 Å². The van der Waals surface area contributed by atoms with Crippen LogP contribution in [0.15, 0.2) is 16.8 Å². The Morgan fingerprint density at radius 2 is 2.05 bits per heavy atom. The molecule has 2 aromatic rings. The number of nitrogens with one attached hydrogen (secondary N) is 1. The van der Waals surface area contributed by atoms with E-state index in [1.807, 2.05) is 6.08 Å². The summed E-state index contributed by atoms with van der Waals surface area (Å²) in [7, 11) is 0. The highest BCUT2D eigenvalue weighted by atomic mass is 32.1. The minimum atomic E-state index is -0.0510. The van der Waals surface area contributed by atoms with Gasteiger partial charge in [-0.3, -0.25) is 4.79 Å². The SMILES string of the molecule is CC(C)(C)c1cnc(C=Cc2cnc(NC=O)s2)o1. The van der Waals surface area contributed by atoms with Crippen LogP contribution in [-0.2, 0) is 10.2 Å². The van der Waals surface area contributed by atoms with Crippen LogP contribution < -0.4 is 5.32 Å². The zero-order valence-corrected chi connectivity index (χ0v) is 11.8. The summed E-state index contributed by atoms with van der Waals surface area (Å²) < 4.78 is 5.64. The summed E-state index contributed by atoms with van der Waals surface area (Å²) >= 11 is 1.38. The smallest absolute Gasteiger partial charge is 0.218 e. The van der Waals surface area contributed by atoms with Crippen LogP contribution in [0.25, 0.3) is 12.2 Å². The van der Waals surface area contributed by atoms with Gasteiger partial charge in [0.2, 0.25) is 12.3 Å². The number of amides is 1. The van der Waals surface area contributed by atoms with Gasteiger partial charge in [-0.2, -0.15) is 0 Å². The van der Waals surface area contributed by atoms with Crippen LogP contribution in [0.4, 0.5) is 5.13 Å². The van der Waals surface area contributed by atoms with Crippen LogP contribution in [0.5, 0.6) is 0 Å². The lowest BCUT2D eigenvalue weighted by Gasteiger charge is -2.12. The molecular formula is C13H15N3O2S. The Bertz CT molecular complexity index is 593. The van der Waals surface area contributed by atoms with Gasteiger partial charge in [0, 0.05) is 22.6 Å². The summed E-state index contributed by atoms with van der Waals surface area (Å²) in [5, 5.41) is 3.07. The van der Waals surface area contributed by atoms with Gasteiger partial charge in [0.15, 0.2) is 5.13 Å². The van der Waals surface area contributed by atoms with Crippen molar-refractivity contribution in [2.45, 2.75) is 26.2 Å². The monoisotopic (exact) mass is 277 g/mol. The summed E-state index contributed by atoms with van der Waals surface area (Å²) in [4.78, 5) is 19.4. The second kappa shape index (κ2) is 5.36. The van der Waals surface area contributed by atoms with Crippen LogP contribution in [-0.4, -0.2) is 16.4 Å². The van der Waals surface area contributed by atoms with Crippen molar-refractivity contribution < 1.29 is 9.21 Å². The van der Waals surface area contributed by atoms with Crippen LogP contribution in [0, 0.1) is 0 Å². The number of hydrogen-bond donors (Lipinski definition) is 1. The third-order valence-electron chi connectivity index (χ3n) is 2.36. The molecule has 0 bridgehead atoms. The molecule has 0 aliphatic carbocycles. The van der Waals surface area contributed by atoms with E-state index in [2.05, 4.69) is 36.1 Å². The normalized spacial score (nSPS) is 11.9. The second-order valence-electron chi connectivity index (χ2n) is 4.98. The van der Waals surface area contributed by atoms with Gasteiger partial charge in [-0.25, -0.2) is 9.97 Å². The third-order valence-corrected chi connectivity index (χ3v) is 3.25. The minimum Gasteiger partial charge on any atom is -0.441 e. The van der Waals surface area contributed by atoms with Gasteiger partial charge in [0.25, 0.3) is 0 Å². The number of carbonyl (C=O) groups excluding carboxylic acids is 1. The molecule has 0 spiro atoms. The fraction of sp³-hybridized carbons (Fsp3) is 0.308. The number of hydrogen-bond acceptors (Lipinski definition) is 5. The van der Waals surface area contributed by atoms with E-state index >= 15 is 0 Å². The molecule has 0 aliphatic rings. The van der Waals surface area contributed by atoms with Crippen molar-refractivity contribution in [1.82, 2.24) is 9.97 Å². The minimum absolute atomic E-state index is 0.0510. The molecule has 0 saturated carbocycles. The molecular weight excluding hydrogens is 262 g/mol. The van der Waals surface area contributed by atoms with Crippen molar-refractivity contribution in [1.29, 1.82) is 0 Å². The van der Waals surface area contributed by atoms with Gasteiger partial charge in [-0.05, 0) is 6.08 Å². The lowest BCUT2D eigenvalue weighted by atomic mass is 9.94. The fourth-order valence-corrected chi connectivity index (χ4v) is 2.02. The van der Waals surface area contributed by atoms with Crippen LogP contribution in [0.1, 0.15) is 37.3 Å². The summed E-state index contributed by atoms with van der Waals surface area (Å²) in [6, 6.07) is 0. The Morgan fingerprint density at radius 3 is 2.68 bits per heavy atom. The molecule has 2 aromatic heterocycles. The number of carbonyl (C=O) groups is 1. The maximum absolute atomic E-state index is 10.3. The topological polar surface area (TPSA) is 68.0 Å². The third kappa shape index (κ3) is 3.51. The Kier molecular flexibility index (Phi) is 3.80. The highest BCUT2D eigenvalue weighted by Gasteiger charge is 2.18. The zero-order chi connectivity index (χ0) is 13.9. The predicted molar refractivity (Wildman–Crippen MR) is 75.9 cm³/mol. The van der Waals surface area contributed by atoms with Crippen molar-refractivity contribution in [3.05, 3.63) is 28.9 Å². The molecule has 0 fully saturated rings. The summed E-state index contributed by atoms with van der Waals surface area (Å²) in [5.41, 5.74) is -0.0510. The van der Waals surface area contributed by atoms with Crippen LogP contribution >= 0.6 is 11.3 Å². The lowest BCUT2D eigenvalue weighted by Crippen LogP contribution is -2.09. The standard InChI is InChI=1S/C13H15N3O2S/c1-13(2,3)10-7-14-11(18-10)5-4-9-6-15-12(19-9)16-8-17/h4-8H,1-3H3,(H,15,16,17). The van der Waals surface area contributed by atoms with Crippen molar-refractivity contribution in [2.24, 2.45) is 0 Å². The molecule has 1 N–H and O–H groups in total. The molecule has 2 rings (SSSR count). The molecule has 2 heterocycles. The molecule has 100 valence electrons. The highest BCUT2D eigenvalue weighted by Crippen LogP contribution is 2.24. The number of anilines is 1.